The molecule has 2 heterocycles. The molecule has 2 aliphatic heterocycles. The van der Waals surface area contributed by atoms with E-state index in [1.165, 1.54) is 0 Å². The van der Waals surface area contributed by atoms with Crippen molar-refractivity contribution in [1.82, 2.24) is 0 Å². The maximum atomic E-state index is 9.85. The van der Waals surface area contributed by atoms with E-state index in [-0.39, 0.29) is 34.5 Å². The summed E-state index contributed by atoms with van der Waals surface area (Å²) in [7, 11) is 0. The SMILES string of the molecule is CC(C)(c1cc(Br)c(O)c(Br)c1)c1cc(Br)c(O)c(Br)c1.CC(C)(c1cc(Br)c(OC[C@H]2CO2)c(Br)c1)c1cc(Br)c(OC[C@H]2CO2)c(Br)c1. The summed E-state index contributed by atoms with van der Waals surface area (Å²) in [6.45, 7) is 11.3. The van der Waals surface area contributed by atoms with Crippen LogP contribution in [0.25, 0.3) is 0 Å². The molecular formula is C36H32Br8O6. The van der Waals surface area contributed by atoms with Crippen molar-refractivity contribution in [3.05, 3.63) is 107 Å². The molecule has 4 aromatic carbocycles. The Kier molecular flexibility index (Phi) is 13.7. The predicted molar refractivity (Wildman–Crippen MR) is 225 cm³/mol. The van der Waals surface area contributed by atoms with Crippen LogP contribution in [-0.4, -0.2) is 48.8 Å². The topological polar surface area (TPSA) is 84.0 Å². The van der Waals surface area contributed by atoms with Crippen molar-refractivity contribution in [3.8, 4) is 23.0 Å². The molecule has 6 nitrogen and oxygen atoms in total. The van der Waals surface area contributed by atoms with E-state index in [1.54, 1.807) is 0 Å². The molecule has 2 atom stereocenters. The molecule has 2 aliphatic rings. The zero-order valence-electron chi connectivity index (χ0n) is 27.2. The van der Waals surface area contributed by atoms with E-state index in [0.717, 1.165) is 64.9 Å². The maximum absolute atomic E-state index is 9.85. The Morgan fingerprint density at radius 3 is 0.940 bits per heavy atom. The number of rotatable bonds is 10. The second-order valence-electron chi connectivity index (χ2n) is 12.9. The highest BCUT2D eigenvalue weighted by atomic mass is 79.9. The lowest BCUT2D eigenvalue weighted by molar-refractivity contribution is 0.260. The number of phenolic OH excluding ortho intramolecular Hbond substituents is 2. The Morgan fingerprint density at radius 1 is 0.500 bits per heavy atom. The van der Waals surface area contributed by atoms with Crippen molar-refractivity contribution in [1.29, 1.82) is 0 Å². The van der Waals surface area contributed by atoms with Gasteiger partial charge in [0.1, 0.15) is 48.4 Å². The summed E-state index contributed by atoms with van der Waals surface area (Å²) in [6, 6.07) is 16.1. The summed E-state index contributed by atoms with van der Waals surface area (Å²) in [5.74, 6) is 1.96. The fraction of sp³-hybridized carbons (Fsp3) is 0.333. The van der Waals surface area contributed by atoms with Crippen molar-refractivity contribution in [2.75, 3.05) is 26.4 Å². The van der Waals surface area contributed by atoms with Crippen LogP contribution in [0.5, 0.6) is 23.0 Å². The van der Waals surface area contributed by atoms with E-state index in [9.17, 15) is 10.2 Å². The van der Waals surface area contributed by atoms with Crippen molar-refractivity contribution in [3.63, 3.8) is 0 Å². The number of benzene rings is 4. The monoisotopic (exact) mass is 1190 g/mol. The summed E-state index contributed by atoms with van der Waals surface area (Å²) >= 11 is 28.1. The van der Waals surface area contributed by atoms with E-state index in [0.29, 0.717) is 31.1 Å². The molecular weight excluding hydrogens is 1170 g/mol. The zero-order chi connectivity index (χ0) is 36.7. The smallest absolute Gasteiger partial charge is 0.147 e. The number of epoxide rings is 2. The van der Waals surface area contributed by atoms with Crippen LogP contribution < -0.4 is 9.47 Å². The Bertz CT molecular complexity index is 1680. The van der Waals surface area contributed by atoms with E-state index < -0.39 is 0 Å². The van der Waals surface area contributed by atoms with Crippen LogP contribution in [0, 0.1) is 0 Å². The molecule has 2 saturated heterocycles. The Labute approximate surface area is 359 Å². The van der Waals surface area contributed by atoms with Gasteiger partial charge in [0.15, 0.2) is 0 Å². The fourth-order valence-electron chi connectivity index (χ4n) is 4.98. The number of phenols is 2. The number of halogens is 8. The minimum absolute atomic E-state index is 0.183. The maximum Gasteiger partial charge on any atom is 0.147 e. The van der Waals surface area contributed by atoms with Crippen LogP contribution in [0.1, 0.15) is 49.9 Å². The van der Waals surface area contributed by atoms with Crippen LogP contribution in [0.15, 0.2) is 84.3 Å². The van der Waals surface area contributed by atoms with Gasteiger partial charge in [0.2, 0.25) is 0 Å². The highest BCUT2D eigenvalue weighted by Gasteiger charge is 2.30. The van der Waals surface area contributed by atoms with Gasteiger partial charge in [-0.15, -0.1) is 0 Å². The van der Waals surface area contributed by atoms with E-state index in [1.807, 2.05) is 24.3 Å². The molecule has 0 bridgehead atoms. The third-order valence-electron chi connectivity index (χ3n) is 8.55. The van der Waals surface area contributed by atoms with Gasteiger partial charge in [-0.3, -0.25) is 0 Å². The minimum atomic E-state index is -0.308. The van der Waals surface area contributed by atoms with Gasteiger partial charge in [-0.25, -0.2) is 0 Å². The van der Waals surface area contributed by atoms with Gasteiger partial charge < -0.3 is 29.2 Å². The summed E-state index contributed by atoms with van der Waals surface area (Å²) in [6.07, 6.45) is 0.429. The van der Waals surface area contributed by atoms with Crippen LogP contribution in [0.4, 0.5) is 0 Å². The third kappa shape index (κ3) is 9.73. The second-order valence-corrected chi connectivity index (χ2v) is 19.7. The molecule has 2 N–H and O–H groups in total. The zero-order valence-corrected chi connectivity index (χ0v) is 39.8. The van der Waals surface area contributed by atoms with E-state index in [4.69, 9.17) is 18.9 Å². The van der Waals surface area contributed by atoms with Gasteiger partial charge in [0.25, 0.3) is 0 Å². The third-order valence-corrected chi connectivity index (χ3v) is 13.3. The quantitative estimate of drug-likeness (QED) is 0.154. The van der Waals surface area contributed by atoms with Gasteiger partial charge in [-0.2, -0.15) is 0 Å². The van der Waals surface area contributed by atoms with Gasteiger partial charge in [-0.05, 0) is 198 Å². The molecule has 14 heteroatoms. The number of aromatic hydroxyl groups is 2. The largest absolute Gasteiger partial charge is 0.506 e. The molecule has 6 rings (SSSR count). The Balaban J connectivity index is 0.000000205. The molecule has 50 heavy (non-hydrogen) atoms. The summed E-state index contributed by atoms with van der Waals surface area (Å²) in [4.78, 5) is 0. The average molecular weight is 1200 g/mol. The highest BCUT2D eigenvalue weighted by molar-refractivity contribution is 9.12. The lowest BCUT2D eigenvalue weighted by Gasteiger charge is -2.28. The first-order chi connectivity index (χ1) is 23.4. The number of ether oxygens (including phenoxy) is 4. The molecule has 0 spiro atoms. The van der Waals surface area contributed by atoms with Crippen molar-refractivity contribution in [2.24, 2.45) is 0 Å². The predicted octanol–water partition coefficient (Wildman–Crippen LogP) is 13.1. The molecule has 2 fully saturated rings. The van der Waals surface area contributed by atoms with Crippen LogP contribution >= 0.6 is 127 Å². The lowest BCUT2D eigenvalue weighted by Crippen LogP contribution is -2.19. The normalized spacial score (nSPS) is 16.8. The second kappa shape index (κ2) is 16.7. The summed E-state index contributed by atoms with van der Waals surface area (Å²) in [5.41, 5.74) is 3.83. The highest BCUT2D eigenvalue weighted by Crippen LogP contribution is 2.45. The van der Waals surface area contributed by atoms with Crippen molar-refractivity contribution < 1.29 is 29.2 Å². The Morgan fingerprint density at radius 2 is 0.720 bits per heavy atom. The van der Waals surface area contributed by atoms with Gasteiger partial charge in [-0.1, -0.05) is 27.7 Å². The van der Waals surface area contributed by atoms with Crippen LogP contribution in [0.3, 0.4) is 0 Å². The summed E-state index contributed by atoms with van der Waals surface area (Å²) < 4.78 is 28.5. The van der Waals surface area contributed by atoms with Crippen molar-refractivity contribution >= 4 is 127 Å². The first-order valence-electron chi connectivity index (χ1n) is 15.2. The average Bonchev–Trinajstić information content (AvgIpc) is 3.98. The molecule has 0 aromatic heterocycles. The number of hydrogen-bond acceptors (Lipinski definition) is 6. The lowest BCUT2D eigenvalue weighted by atomic mass is 9.78. The van der Waals surface area contributed by atoms with Crippen molar-refractivity contribution in [2.45, 2.75) is 50.7 Å². The molecule has 0 unspecified atom stereocenters. The first-order valence-corrected chi connectivity index (χ1v) is 21.6. The van der Waals surface area contributed by atoms with Gasteiger partial charge in [0.05, 0.1) is 49.0 Å². The number of hydrogen-bond donors (Lipinski definition) is 2. The molecule has 0 aliphatic carbocycles. The fourth-order valence-corrected chi connectivity index (χ4v) is 10.2. The van der Waals surface area contributed by atoms with E-state index >= 15 is 0 Å². The molecule has 0 radical (unpaired) electrons. The molecule has 0 amide bonds. The minimum Gasteiger partial charge on any atom is -0.506 e. The Hall–Kier alpha value is -0.160. The first kappa shape index (κ1) is 41.0. The molecule has 268 valence electrons. The standard InChI is InChI=1S/C21H20Br4O4.C15H12Br4O2/c1-21(2,11-3-15(22)19(16(23)4-11)28-9-13-7-26-13)12-5-17(24)20(18(25)6-12)29-10-14-8-27-14;1-15(2,7-3-9(16)13(20)10(17)4-7)8-5-11(18)14(21)12(19)6-8/h3-6,13-14H,7-10H2,1-2H3;3-6,20-21H,1-2H3/t13-,14-;/m1./s1. The summed E-state index contributed by atoms with van der Waals surface area (Å²) in [5, 5.41) is 19.7. The molecule has 0 saturated carbocycles. The van der Waals surface area contributed by atoms with Gasteiger partial charge >= 0.3 is 0 Å². The molecule has 4 aromatic rings. The van der Waals surface area contributed by atoms with E-state index in [2.05, 4.69) is 179 Å². The van der Waals surface area contributed by atoms with Crippen LogP contribution in [-0.2, 0) is 20.3 Å². The van der Waals surface area contributed by atoms with Crippen LogP contribution in [0.2, 0.25) is 0 Å². The van der Waals surface area contributed by atoms with Gasteiger partial charge in [0, 0.05) is 10.8 Å².